The predicted octanol–water partition coefficient (Wildman–Crippen LogP) is 3.40. The number of hydrogen-bond donors (Lipinski definition) is 1. The summed E-state index contributed by atoms with van der Waals surface area (Å²) in [5, 5.41) is 1.97. The third-order valence-corrected chi connectivity index (χ3v) is 8.10. The van der Waals surface area contributed by atoms with E-state index in [1.165, 1.54) is 12.1 Å². The molecule has 1 atom stereocenters. The van der Waals surface area contributed by atoms with Crippen LogP contribution in [-0.4, -0.2) is 57.4 Å². The number of piperazine rings is 1. The molecule has 168 valence electrons. The van der Waals surface area contributed by atoms with Gasteiger partial charge in [0.1, 0.15) is 0 Å². The SMILES string of the molecule is CN1CCN(C(=O)c2ccc(S(=O)(=O)NCCc3cccs3)cc2)C(c2ccccc2)C1. The van der Waals surface area contributed by atoms with Crippen LogP contribution in [0.3, 0.4) is 0 Å². The smallest absolute Gasteiger partial charge is 0.254 e. The van der Waals surface area contributed by atoms with Crippen LogP contribution in [0.15, 0.2) is 77.0 Å². The van der Waals surface area contributed by atoms with Gasteiger partial charge in [-0.25, -0.2) is 13.1 Å². The summed E-state index contributed by atoms with van der Waals surface area (Å²) in [6.45, 7) is 2.52. The van der Waals surface area contributed by atoms with Crippen molar-refractivity contribution in [3.8, 4) is 0 Å². The van der Waals surface area contributed by atoms with Gasteiger partial charge >= 0.3 is 0 Å². The summed E-state index contributed by atoms with van der Waals surface area (Å²) in [4.78, 5) is 18.7. The second-order valence-electron chi connectivity index (χ2n) is 7.94. The fourth-order valence-electron chi connectivity index (χ4n) is 3.91. The second kappa shape index (κ2) is 9.95. The van der Waals surface area contributed by atoms with Crippen LogP contribution in [0.2, 0.25) is 0 Å². The molecule has 1 saturated heterocycles. The molecule has 3 aromatic rings. The Morgan fingerprint density at radius 2 is 1.78 bits per heavy atom. The van der Waals surface area contributed by atoms with E-state index in [0.717, 1.165) is 23.5 Å². The first-order valence-corrected chi connectivity index (χ1v) is 13.0. The third kappa shape index (κ3) is 5.27. The molecule has 0 aliphatic carbocycles. The number of benzene rings is 2. The third-order valence-electron chi connectivity index (χ3n) is 5.68. The monoisotopic (exact) mass is 469 g/mol. The molecule has 1 N–H and O–H groups in total. The largest absolute Gasteiger partial charge is 0.329 e. The maximum Gasteiger partial charge on any atom is 0.254 e. The molecule has 2 heterocycles. The van der Waals surface area contributed by atoms with Gasteiger partial charge in [-0.05, 0) is 54.7 Å². The zero-order valence-corrected chi connectivity index (χ0v) is 19.6. The summed E-state index contributed by atoms with van der Waals surface area (Å²) in [5.41, 5.74) is 1.59. The van der Waals surface area contributed by atoms with Crippen LogP contribution in [0.25, 0.3) is 0 Å². The van der Waals surface area contributed by atoms with Gasteiger partial charge < -0.3 is 9.80 Å². The Kier molecular flexibility index (Phi) is 7.05. The molecule has 0 bridgehead atoms. The molecule has 1 aliphatic heterocycles. The highest BCUT2D eigenvalue weighted by molar-refractivity contribution is 7.89. The predicted molar refractivity (Wildman–Crippen MR) is 127 cm³/mol. The van der Waals surface area contributed by atoms with Gasteiger partial charge in [0.25, 0.3) is 5.91 Å². The van der Waals surface area contributed by atoms with E-state index in [2.05, 4.69) is 16.7 Å². The first-order valence-electron chi connectivity index (χ1n) is 10.6. The highest BCUT2D eigenvalue weighted by atomic mass is 32.2. The van der Waals surface area contributed by atoms with Crippen molar-refractivity contribution in [2.24, 2.45) is 0 Å². The number of rotatable bonds is 7. The molecule has 8 heteroatoms. The van der Waals surface area contributed by atoms with Gasteiger partial charge in [0.15, 0.2) is 0 Å². The highest BCUT2D eigenvalue weighted by Gasteiger charge is 2.31. The van der Waals surface area contributed by atoms with Crippen LogP contribution in [0, 0.1) is 0 Å². The molecule has 1 aliphatic rings. The highest BCUT2D eigenvalue weighted by Crippen LogP contribution is 2.27. The number of likely N-dealkylation sites (N-methyl/N-ethyl adjacent to an activating group) is 1. The van der Waals surface area contributed by atoms with Crippen molar-refractivity contribution in [3.63, 3.8) is 0 Å². The standard InChI is InChI=1S/C24H27N3O3S2/c1-26-15-16-27(23(18-26)19-6-3-2-4-7-19)24(28)20-9-11-22(12-10-20)32(29,30)25-14-13-21-8-5-17-31-21/h2-12,17,23,25H,13-16,18H2,1H3. The Balaban J connectivity index is 1.46. The Morgan fingerprint density at radius 3 is 2.47 bits per heavy atom. The van der Waals surface area contributed by atoms with Crippen molar-refractivity contribution in [1.29, 1.82) is 0 Å². The van der Waals surface area contributed by atoms with Crippen LogP contribution in [0.5, 0.6) is 0 Å². The molecule has 0 saturated carbocycles. The van der Waals surface area contributed by atoms with Crippen LogP contribution in [0.4, 0.5) is 0 Å². The van der Waals surface area contributed by atoms with Crippen LogP contribution in [0.1, 0.15) is 26.8 Å². The number of carbonyl (C=O) groups is 1. The van der Waals surface area contributed by atoms with E-state index in [-0.39, 0.29) is 16.8 Å². The summed E-state index contributed by atoms with van der Waals surface area (Å²) in [6.07, 6.45) is 0.651. The van der Waals surface area contributed by atoms with Crippen molar-refractivity contribution in [2.75, 3.05) is 33.2 Å². The van der Waals surface area contributed by atoms with Gasteiger partial charge in [-0.15, -0.1) is 11.3 Å². The summed E-state index contributed by atoms with van der Waals surface area (Å²) < 4.78 is 27.9. The van der Waals surface area contributed by atoms with E-state index in [9.17, 15) is 13.2 Å². The Morgan fingerprint density at radius 1 is 1.03 bits per heavy atom. The topological polar surface area (TPSA) is 69.7 Å². The van der Waals surface area contributed by atoms with Gasteiger partial charge in [-0.2, -0.15) is 0 Å². The quantitative estimate of drug-likeness (QED) is 0.576. The minimum absolute atomic E-state index is 0.0372. The van der Waals surface area contributed by atoms with Gasteiger partial charge in [0.2, 0.25) is 10.0 Å². The van der Waals surface area contributed by atoms with Gasteiger partial charge in [0, 0.05) is 36.6 Å². The van der Waals surface area contributed by atoms with Crippen molar-refractivity contribution >= 4 is 27.3 Å². The summed E-state index contributed by atoms with van der Waals surface area (Å²) >= 11 is 1.61. The van der Waals surface area contributed by atoms with Gasteiger partial charge in [-0.1, -0.05) is 36.4 Å². The molecule has 1 aromatic heterocycles. The number of thiophene rings is 1. The fourth-order valence-corrected chi connectivity index (χ4v) is 5.65. The zero-order chi connectivity index (χ0) is 22.6. The molecule has 2 aromatic carbocycles. The lowest BCUT2D eigenvalue weighted by molar-refractivity contribution is 0.0498. The molecule has 1 amide bonds. The van der Waals surface area contributed by atoms with Gasteiger partial charge in [0.05, 0.1) is 10.9 Å². The molecular weight excluding hydrogens is 442 g/mol. The van der Waals surface area contributed by atoms with E-state index < -0.39 is 10.0 Å². The molecule has 32 heavy (non-hydrogen) atoms. The molecular formula is C24H27N3O3S2. The molecule has 0 spiro atoms. The van der Waals surface area contributed by atoms with Crippen molar-refractivity contribution in [3.05, 3.63) is 88.1 Å². The molecule has 4 rings (SSSR count). The first kappa shape index (κ1) is 22.7. The minimum Gasteiger partial charge on any atom is -0.329 e. The fraction of sp³-hybridized carbons (Fsp3) is 0.292. The summed E-state index contributed by atoms with van der Waals surface area (Å²) in [5.74, 6) is -0.0819. The van der Waals surface area contributed by atoms with Gasteiger partial charge in [-0.3, -0.25) is 4.79 Å². The second-order valence-corrected chi connectivity index (χ2v) is 10.7. The van der Waals surface area contributed by atoms with E-state index >= 15 is 0 Å². The van der Waals surface area contributed by atoms with Crippen molar-refractivity contribution < 1.29 is 13.2 Å². The van der Waals surface area contributed by atoms with E-state index in [1.54, 1.807) is 23.5 Å². The van der Waals surface area contributed by atoms with Crippen LogP contribution >= 0.6 is 11.3 Å². The molecule has 0 radical (unpaired) electrons. The number of sulfonamides is 1. The molecule has 6 nitrogen and oxygen atoms in total. The van der Waals surface area contributed by atoms with E-state index in [4.69, 9.17) is 0 Å². The number of carbonyl (C=O) groups excluding carboxylic acids is 1. The lowest BCUT2D eigenvalue weighted by Gasteiger charge is -2.40. The minimum atomic E-state index is -3.62. The van der Waals surface area contributed by atoms with Crippen LogP contribution < -0.4 is 4.72 Å². The Hall–Kier alpha value is -2.52. The number of nitrogens with zero attached hydrogens (tertiary/aromatic N) is 2. The lowest BCUT2D eigenvalue weighted by Crippen LogP contribution is -2.49. The summed E-state index contributed by atoms with van der Waals surface area (Å²) in [7, 11) is -1.56. The lowest BCUT2D eigenvalue weighted by atomic mass is 10.0. The summed E-state index contributed by atoms with van der Waals surface area (Å²) in [6, 6.07) is 20.2. The molecule has 1 fully saturated rings. The normalized spacial score (nSPS) is 17.4. The first-order chi connectivity index (χ1) is 15.4. The van der Waals surface area contributed by atoms with E-state index in [1.807, 2.05) is 52.7 Å². The van der Waals surface area contributed by atoms with Crippen molar-refractivity contribution in [1.82, 2.24) is 14.5 Å². The average molecular weight is 470 g/mol. The Labute approximate surface area is 193 Å². The van der Waals surface area contributed by atoms with E-state index in [0.29, 0.717) is 25.1 Å². The maximum absolute atomic E-state index is 13.3. The maximum atomic E-state index is 13.3. The zero-order valence-electron chi connectivity index (χ0n) is 18.0. The van der Waals surface area contributed by atoms with Crippen molar-refractivity contribution in [2.45, 2.75) is 17.4 Å². The average Bonchev–Trinajstić information content (AvgIpc) is 3.33. The number of nitrogens with one attached hydrogen (secondary N) is 1. The molecule has 1 unspecified atom stereocenters. The van der Waals surface area contributed by atoms with Crippen LogP contribution in [-0.2, 0) is 16.4 Å². The number of hydrogen-bond acceptors (Lipinski definition) is 5. The Bertz CT molecular complexity index is 1130. The number of amides is 1.